The van der Waals surface area contributed by atoms with Crippen molar-refractivity contribution in [1.29, 1.82) is 0 Å². The minimum Gasteiger partial charge on any atom is -0.324 e. The number of aryl methyl sites for hydroxylation is 4. The molecular weight excluding hydrogens is 446 g/mol. The maximum absolute atomic E-state index is 13.0. The summed E-state index contributed by atoms with van der Waals surface area (Å²) in [6, 6.07) is 15.9. The summed E-state index contributed by atoms with van der Waals surface area (Å²) in [5.41, 5.74) is 7.59. The number of amides is 3. The van der Waals surface area contributed by atoms with E-state index in [0.29, 0.717) is 10.6 Å². The van der Waals surface area contributed by atoms with E-state index in [0.717, 1.165) is 56.0 Å². The van der Waals surface area contributed by atoms with Gasteiger partial charge in [0.2, 0.25) is 5.91 Å². The Kier molecular flexibility index (Phi) is 6.48. The highest BCUT2D eigenvalue weighted by atomic mass is 32.2. The number of para-hydroxylation sites is 1. The Hall–Kier alpha value is -3.58. The molecule has 4 rings (SSSR count). The first-order valence-electron chi connectivity index (χ1n) is 11.0. The predicted octanol–water partition coefficient (Wildman–Crippen LogP) is 5.69. The number of nitrogens with zero attached hydrogens (tertiary/aromatic N) is 2. The molecule has 1 aliphatic heterocycles. The first kappa shape index (κ1) is 23.6. The summed E-state index contributed by atoms with van der Waals surface area (Å²) in [7, 11) is 0. The number of carbonyl (C=O) groups excluding carboxylic acids is 3. The number of hydrogen-bond acceptors (Lipinski definition) is 4. The molecule has 0 atom stereocenters. The lowest BCUT2D eigenvalue weighted by atomic mass is 10.1. The Morgan fingerprint density at radius 3 is 2.26 bits per heavy atom. The third-order valence-corrected chi connectivity index (χ3v) is 6.80. The van der Waals surface area contributed by atoms with Gasteiger partial charge in [-0.3, -0.25) is 19.3 Å². The Morgan fingerprint density at radius 2 is 1.62 bits per heavy atom. The van der Waals surface area contributed by atoms with Gasteiger partial charge in [0.1, 0.15) is 6.54 Å². The van der Waals surface area contributed by atoms with Crippen molar-refractivity contribution in [3.05, 3.63) is 87.1 Å². The van der Waals surface area contributed by atoms with Crippen molar-refractivity contribution in [1.82, 2.24) is 9.47 Å². The number of thioether (sulfide) groups is 1. The van der Waals surface area contributed by atoms with E-state index in [4.69, 9.17) is 0 Å². The van der Waals surface area contributed by atoms with Crippen molar-refractivity contribution < 1.29 is 14.4 Å². The number of hydrogen-bond donors (Lipinski definition) is 1. The van der Waals surface area contributed by atoms with Crippen LogP contribution in [0.5, 0.6) is 0 Å². The van der Waals surface area contributed by atoms with Crippen LogP contribution in [0.15, 0.2) is 53.4 Å². The zero-order valence-corrected chi connectivity index (χ0v) is 20.7. The van der Waals surface area contributed by atoms with E-state index in [2.05, 4.69) is 9.88 Å². The van der Waals surface area contributed by atoms with Crippen LogP contribution in [0.2, 0.25) is 0 Å². The molecule has 0 unspecified atom stereocenters. The van der Waals surface area contributed by atoms with Crippen LogP contribution in [0.3, 0.4) is 0 Å². The Bertz CT molecular complexity index is 1320. The number of benzene rings is 2. The summed E-state index contributed by atoms with van der Waals surface area (Å²) in [5, 5.41) is 2.42. The maximum Gasteiger partial charge on any atom is 0.294 e. The van der Waals surface area contributed by atoms with Crippen LogP contribution < -0.4 is 5.32 Å². The molecule has 1 saturated heterocycles. The van der Waals surface area contributed by atoms with Gasteiger partial charge in [0.15, 0.2) is 0 Å². The minimum absolute atomic E-state index is 0.314. The summed E-state index contributed by atoms with van der Waals surface area (Å²) in [4.78, 5) is 39.6. The molecule has 1 fully saturated rings. The van der Waals surface area contributed by atoms with Crippen molar-refractivity contribution in [2.75, 3.05) is 11.9 Å². The van der Waals surface area contributed by atoms with Gasteiger partial charge in [0.25, 0.3) is 11.1 Å². The number of nitrogens with one attached hydrogen (secondary N) is 1. The van der Waals surface area contributed by atoms with Crippen molar-refractivity contribution in [2.45, 2.75) is 34.6 Å². The Labute approximate surface area is 203 Å². The molecule has 0 aliphatic carbocycles. The first-order valence-corrected chi connectivity index (χ1v) is 11.8. The summed E-state index contributed by atoms with van der Waals surface area (Å²) in [5.74, 6) is -0.854. The molecule has 0 radical (unpaired) electrons. The van der Waals surface area contributed by atoms with Gasteiger partial charge in [-0.25, -0.2) is 0 Å². The topological polar surface area (TPSA) is 71.4 Å². The molecule has 6 nitrogen and oxygen atoms in total. The van der Waals surface area contributed by atoms with Crippen molar-refractivity contribution in [2.24, 2.45) is 0 Å². The fraction of sp³-hybridized carbons (Fsp3) is 0.222. The van der Waals surface area contributed by atoms with Gasteiger partial charge in [0.05, 0.1) is 4.91 Å². The molecule has 3 amide bonds. The second kappa shape index (κ2) is 9.35. The Morgan fingerprint density at radius 1 is 0.971 bits per heavy atom. The lowest BCUT2D eigenvalue weighted by molar-refractivity contribution is -0.127. The second-order valence-electron chi connectivity index (χ2n) is 8.59. The quantitative estimate of drug-likeness (QED) is 0.483. The van der Waals surface area contributed by atoms with Crippen LogP contribution in [0.1, 0.15) is 33.6 Å². The van der Waals surface area contributed by atoms with Crippen molar-refractivity contribution in [3.8, 4) is 5.69 Å². The van der Waals surface area contributed by atoms with Gasteiger partial charge >= 0.3 is 0 Å². The zero-order valence-electron chi connectivity index (χ0n) is 19.9. The molecule has 0 bridgehead atoms. The van der Waals surface area contributed by atoms with Gasteiger partial charge in [-0.05, 0) is 87.3 Å². The highest BCUT2D eigenvalue weighted by molar-refractivity contribution is 8.18. The van der Waals surface area contributed by atoms with Gasteiger partial charge in [-0.2, -0.15) is 0 Å². The average molecular weight is 474 g/mol. The minimum atomic E-state index is -0.452. The van der Waals surface area contributed by atoms with Crippen LogP contribution in [0.25, 0.3) is 11.8 Å². The molecule has 2 aromatic carbocycles. The molecule has 0 spiro atoms. The van der Waals surface area contributed by atoms with E-state index in [1.54, 1.807) is 6.08 Å². The van der Waals surface area contributed by atoms with Crippen molar-refractivity contribution >= 4 is 40.6 Å². The third-order valence-electron chi connectivity index (χ3n) is 5.89. The average Bonchev–Trinajstić information content (AvgIpc) is 3.20. The van der Waals surface area contributed by atoms with Gasteiger partial charge in [0, 0.05) is 22.8 Å². The van der Waals surface area contributed by atoms with Crippen LogP contribution in [-0.2, 0) is 9.59 Å². The summed E-state index contributed by atoms with van der Waals surface area (Å²) in [6.45, 7) is 9.50. The monoisotopic (exact) mass is 473 g/mol. The number of carbonyl (C=O) groups is 3. The smallest absolute Gasteiger partial charge is 0.294 e. The molecule has 7 heteroatoms. The van der Waals surface area contributed by atoms with Crippen LogP contribution in [0.4, 0.5) is 10.5 Å². The molecule has 1 aromatic heterocycles. The zero-order chi connectivity index (χ0) is 24.6. The van der Waals surface area contributed by atoms with Crippen molar-refractivity contribution in [3.63, 3.8) is 0 Å². The van der Waals surface area contributed by atoms with E-state index in [9.17, 15) is 14.4 Å². The van der Waals surface area contributed by atoms with Crippen LogP contribution in [-0.4, -0.2) is 33.1 Å². The molecule has 34 heavy (non-hydrogen) atoms. The van der Waals surface area contributed by atoms with E-state index >= 15 is 0 Å². The SMILES string of the molecule is Cc1cc(C)c(NC(=O)CN2C(=O)S/C(=C/c3cc(C)n(-c4ccccc4)c3C)C2=O)c(C)c1. The molecule has 0 saturated carbocycles. The van der Waals surface area contributed by atoms with Gasteiger partial charge < -0.3 is 9.88 Å². The first-order chi connectivity index (χ1) is 16.2. The number of rotatable bonds is 5. The maximum atomic E-state index is 13.0. The standard InChI is InChI=1S/C27H27N3O3S/c1-16-11-17(2)25(18(3)12-16)28-24(31)15-29-26(32)23(34-27(29)33)14-21-13-19(4)30(20(21)5)22-9-7-6-8-10-22/h6-14H,15H2,1-5H3,(H,28,31)/b23-14+. The van der Waals surface area contributed by atoms with Crippen LogP contribution >= 0.6 is 11.8 Å². The lowest BCUT2D eigenvalue weighted by Crippen LogP contribution is -2.36. The van der Waals surface area contributed by atoms with Gasteiger partial charge in [-0.15, -0.1) is 0 Å². The molecule has 2 heterocycles. The normalized spacial score (nSPS) is 14.9. The lowest BCUT2D eigenvalue weighted by Gasteiger charge is -2.15. The molecular formula is C27H27N3O3S. The fourth-order valence-electron chi connectivity index (χ4n) is 4.39. The van der Waals surface area contributed by atoms with E-state index in [-0.39, 0.29) is 6.54 Å². The van der Waals surface area contributed by atoms with E-state index in [1.165, 1.54) is 0 Å². The van der Waals surface area contributed by atoms with E-state index < -0.39 is 17.1 Å². The number of anilines is 1. The molecule has 3 aromatic rings. The summed E-state index contributed by atoms with van der Waals surface area (Å²) in [6.07, 6.45) is 1.73. The third kappa shape index (κ3) is 4.56. The fourth-order valence-corrected chi connectivity index (χ4v) is 5.21. The molecule has 174 valence electrons. The Balaban J connectivity index is 1.53. The summed E-state index contributed by atoms with van der Waals surface area (Å²) < 4.78 is 2.11. The van der Waals surface area contributed by atoms with Crippen LogP contribution in [0, 0.1) is 34.6 Å². The molecule has 1 N–H and O–H groups in total. The number of imide groups is 1. The second-order valence-corrected chi connectivity index (χ2v) is 9.58. The molecule has 1 aliphatic rings. The largest absolute Gasteiger partial charge is 0.324 e. The highest BCUT2D eigenvalue weighted by Crippen LogP contribution is 2.34. The predicted molar refractivity (Wildman–Crippen MR) is 137 cm³/mol. The summed E-state index contributed by atoms with van der Waals surface area (Å²) >= 11 is 0.862. The van der Waals surface area contributed by atoms with E-state index in [1.807, 2.05) is 83.1 Å². The van der Waals surface area contributed by atoms with Gasteiger partial charge in [-0.1, -0.05) is 35.9 Å². The number of aromatic nitrogens is 1. The highest BCUT2D eigenvalue weighted by Gasteiger charge is 2.36.